The lowest BCUT2D eigenvalue weighted by atomic mass is 10.1. The Morgan fingerprint density at radius 3 is 2.53 bits per heavy atom. The van der Waals surface area contributed by atoms with E-state index in [-0.39, 0.29) is 5.91 Å². The van der Waals surface area contributed by atoms with E-state index in [1.165, 1.54) is 0 Å². The number of morpholine rings is 1. The number of aromatic nitrogens is 1. The molecule has 1 aliphatic heterocycles. The molecule has 32 heavy (non-hydrogen) atoms. The fraction of sp³-hybridized carbons (Fsp3) is 0.458. The van der Waals surface area contributed by atoms with Crippen LogP contribution in [-0.2, 0) is 27.2 Å². The maximum absolute atomic E-state index is 13.0. The zero-order valence-corrected chi connectivity index (χ0v) is 19.0. The van der Waals surface area contributed by atoms with Crippen LogP contribution in [-0.4, -0.2) is 54.9 Å². The molecule has 172 valence electrons. The van der Waals surface area contributed by atoms with Crippen molar-refractivity contribution in [1.29, 1.82) is 0 Å². The molecule has 0 radical (unpaired) electrons. The van der Waals surface area contributed by atoms with E-state index < -0.39 is 17.7 Å². The van der Waals surface area contributed by atoms with Gasteiger partial charge >= 0.3 is 6.09 Å². The summed E-state index contributed by atoms with van der Waals surface area (Å²) < 4.78 is 10.7. The molecular formula is C24H32N4O4. The number of alkyl carbamates (subject to hydrolysis) is 1. The van der Waals surface area contributed by atoms with E-state index in [2.05, 4.69) is 20.5 Å². The number of ether oxygens (including phenoxy) is 2. The third kappa shape index (κ3) is 7.53. The smallest absolute Gasteiger partial charge is 0.408 e. The van der Waals surface area contributed by atoms with Crippen LogP contribution < -0.4 is 15.5 Å². The normalized spacial score (nSPS) is 15.0. The minimum Gasteiger partial charge on any atom is -0.444 e. The predicted octanol–water partition coefficient (Wildman–Crippen LogP) is 2.67. The number of carbonyl (C=O) groups excluding carboxylic acids is 2. The van der Waals surface area contributed by atoms with Gasteiger partial charge in [0.05, 0.1) is 13.2 Å². The van der Waals surface area contributed by atoms with Gasteiger partial charge in [0.15, 0.2) is 0 Å². The van der Waals surface area contributed by atoms with Gasteiger partial charge in [0.25, 0.3) is 0 Å². The van der Waals surface area contributed by atoms with Crippen molar-refractivity contribution in [2.75, 3.05) is 31.2 Å². The number of nitrogens with zero attached hydrogens (tertiary/aromatic N) is 2. The van der Waals surface area contributed by atoms with Gasteiger partial charge in [-0.3, -0.25) is 4.79 Å². The molecule has 2 amide bonds. The SMILES string of the molecule is CC(C)(C)OC(=O)NC(Cc1ccccc1)C(=O)NCc1ccnc(N2CCOCC2)c1. The highest BCUT2D eigenvalue weighted by molar-refractivity contribution is 5.86. The van der Waals surface area contributed by atoms with Crippen molar-refractivity contribution < 1.29 is 19.1 Å². The maximum atomic E-state index is 13.0. The van der Waals surface area contributed by atoms with Gasteiger partial charge in [0.1, 0.15) is 17.5 Å². The number of amides is 2. The van der Waals surface area contributed by atoms with Crippen LogP contribution in [0.2, 0.25) is 0 Å². The molecule has 1 aromatic heterocycles. The van der Waals surface area contributed by atoms with Crippen molar-refractivity contribution in [3.05, 3.63) is 59.8 Å². The van der Waals surface area contributed by atoms with Crippen LogP contribution in [0, 0.1) is 0 Å². The van der Waals surface area contributed by atoms with Crippen molar-refractivity contribution in [3.8, 4) is 0 Å². The van der Waals surface area contributed by atoms with Crippen LogP contribution in [0.15, 0.2) is 48.7 Å². The molecule has 1 saturated heterocycles. The van der Waals surface area contributed by atoms with Gasteiger partial charge in [-0.1, -0.05) is 30.3 Å². The average Bonchev–Trinajstić information content (AvgIpc) is 2.77. The second-order valence-corrected chi connectivity index (χ2v) is 8.73. The van der Waals surface area contributed by atoms with Gasteiger partial charge in [-0.15, -0.1) is 0 Å². The number of hydrogen-bond donors (Lipinski definition) is 2. The van der Waals surface area contributed by atoms with Crippen molar-refractivity contribution in [2.24, 2.45) is 0 Å². The van der Waals surface area contributed by atoms with Crippen LogP contribution >= 0.6 is 0 Å². The molecule has 0 aliphatic carbocycles. The molecule has 2 heterocycles. The molecule has 1 atom stereocenters. The number of benzene rings is 1. The van der Waals surface area contributed by atoms with Crippen LogP contribution in [0.4, 0.5) is 10.6 Å². The summed E-state index contributed by atoms with van der Waals surface area (Å²) in [4.78, 5) is 31.9. The van der Waals surface area contributed by atoms with Gasteiger partial charge < -0.3 is 25.0 Å². The summed E-state index contributed by atoms with van der Waals surface area (Å²) >= 11 is 0. The number of rotatable bonds is 7. The number of nitrogens with one attached hydrogen (secondary N) is 2. The first-order valence-electron chi connectivity index (χ1n) is 10.9. The molecule has 2 aromatic rings. The Bertz CT molecular complexity index is 892. The molecule has 1 aromatic carbocycles. The van der Waals surface area contributed by atoms with Crippen molar-refractivity contribution in [2.45, 2.75) is 45.4 Å². The number of pyridine rings is 1. The first-order valence-corrected chi connectivity index (χ1v) is 10.9. The zero-order valence-electron chi connectivity index (χ0n) is 19.0. The molecule has 1 fully saturated rings. The van der Waals surface area contributed by atoms with Gasteiger partial charge in [-0.2, -0.15) is 0 Å². The van der Waals surface area contributed by atoms with E-state index >= 15 is 0 Å². The Balaban J connectivity index is 1.64. The molecule has 1 unspecified atom stereocenters. The Kier molecular flexibility index (Phi) is 8.05. The summed E-state index contributed by atoms with van der Waals surface area (Å²) in [5.41, 5.74) is 1.23. The molecule has 2 N–H and O–H groups in total. The van der Waals surface area contributed by atoms with Gasteiger partial charge in [-0.25, -0.2) is 9.78 Å². The Hall–Kier alpha value is -3.13. The summed E-state index contributed by atoms with van der Waals surface area (Å²) in [5, 5.41) is 5.65. The second-order valence-electron chi connectivity index (χ2n) is 8.73. The Labute approximate surface area is 189 Å². The first kappa shape index (κ1) is 23.5. The van der Waals surface area contributed by atoms with E-state index in [0.717, 1.165) is 30.0 Å². The summed E-state index contributed by atoms with van der Waals surface area (Å²) in [6, 6.07) is 12.7. The molecule has 0 spiro atoms. The molecule has 0 saturated carbocycles. The largest absolute Gasteiger partial charge is 0.444 e. The topological polar surface area (TPSA) is 92.8 Å². The number of anilines is 1. The fourth-order valence-corrected chi connectivity index (χ4v) is 3.36. The average molecular weight is 441 g/mol. The maximum Gasteiger partial charge on any atom is 0.408 e. The summed E-state index contributed by atoms with van der Waals surface area (Å²) in [5.74, 6) is 0.595. The third-order valence-electron chi connectivity index (χ3n) is 4.90. The van der Waals surface area contributed by atoms with Gasteiger partial charge in [0.2, 0.25) is 5.91 Å². The standard InChI is InChI=1S/C24H32N4O4/c1-24(2,3)32-23(30)27-20(15-18-7-5-4-6-8-18)22(29)26-17-19-9-10-25-21(16-19)28-11-13-31-14-12-28/h4-10,16,20H,11-15,17H2,1-3H3,(H,26,29)(H,27,30). The van der Waals surface area contributed by atoms with Crippen molar-refractivity contribution >= 4 is 17.8 Å². The monoisotopic (exact) mass is 440 g/mol. The lowest BCUT2D eigenvalue weighted by Crippen LogP contribution is -2.49. The number of hydrogen-bond acceptors (Lipinski definition) is 6. The van der Waals surface area contributed by atoms with E-state index in [1.54, 1.807) is 27.0 Å². The highest BCUT2D eigenvalue weighted by Gasteiger charge is 2.24. The molecule has 8 heteroatoms. The van der Waals surface area contributed by atoms with Crippen LogP contribution in [0.25, 0.3) is 0 Å². The third-order valence-corrected chi connectivity index (χ3v) is 4.90. The lowest BCUT2D eigenvalue weighted by Gasteiger charge is -2.28. The lowest BCUT2D eigenvalue weighted by molar-refractivity contribution is -0.123. The van der Waals surface area contributed by atoms with Gasteiger partial charge in [-0.05, 0) is 44.0 Å². The summed E-state index contributed by atoms with van der Waals surface area (Å²) in [7, 11) is 0. The molecule has 3 rings (SSSR count). The minimum absolute atomic E-state index is 0.274. The Morgan fingerprint density at radius 2 is 1.84 bits per heavy atom. The van der Waals surface area contributed by atoms with Crippen LogP contribution in [0.1, 0.15) is 31.9 Å². The number of carbonyl (C=O) groups is 2. The molecule has 1 aliphatic rings. The second kappa shape index (κ2) is 10.9. The molecular weight excluding hydrogens is 408 g/mol. The van der Waals surface area contributed by atoms with E-state index in [4.69, 9.17) is 9.47 Å². The summed E-state index contributed by atoms with van der Waals surface area (Å²) in [6.45, 7) is 8.64. The van der Waals surface area contributed by atoms with Crippen LogP contribution in [0.3, 0.4) is 0 Å². The molecule has 8 nitrogen and oxygen atoms in total. The first-order chi connectivity index (χ1) is 15.3. The zero-order chi connectivity index (χ0) is 23.0. The van der Waals surface area contributed by atoms with Crippen molar-refractivity contribution in [3.63, 3.8) is 0 Å². The van der Waals surface area contributed by atoms with E-state index in [0.29, 0.717) is 26.2 Å². The van der Waals surface area contributed by atoms with E-state index in [9.17, 15) is 9.59 Å². The predicted molar refractivity (Wildman–Crippen MR) is 122 cm³/mol. The minimum atomic E-state index is -0.757. The highest BCUT2D eigenvalue weighted by atomic mass is 16.6. The van der Waals surface area contributed by atoms with Crippen molar-refractivity contribution in [1.82, 2.24) is 15.6 Å². The quantitative estimate of drug-likeness (QED) is 0.688. The van der Waals surface area contributed by atoms with Crippen LogP contribution in [0.5, 0.6) is 0 Å². The molecule has 0 bridgehead atoms. The summed E-state index contributed by atoms with van der Waals surface area (Å²) in [6.07, 6.45) is 1.49. The van der Waals surface area contributed by atoms with E-state index in [1.807, 2.05) is 42.5 Å². The fourth-order valence-electron chi connectivity index (χ4n) is 3.36. The van der Waals surface area contributed by atoms with Gasteiger partial charge in [0, 0.05) is 32.3 Å². The highest BCUT2D eigenvalue weighted by Crippen LogP contribution is 2.14. The Morgan fingerprint density at radius 1 is 1.12 bits per heavy atom.